The van der Waals surface area contributed by atoms with Gasteiger partial charge < -0.3 is 5.73 Å². The van der Waals surface area contributed by atoms with Crippen molar-refractivity contribution in [2.45, 2.75) is 39.2 Å². The summed E-state index contributed by atoms with van der Waals surface area (Å²) in [5, 5.41) is 0.632. The molecule has 0 bridgehead atoms. The number of thiophene rings is 1. The van der Waals surface area contributed by atoms with Gasteiger partial charge >= 0.3 is 0 Å². The van der Waals surface area contributed by atoms with E-state index in [0.717, 1.165) is 21.1 Å². The van der Waals surface area contributed by atoms with Crippen molar-refractivity contribution in [3.05, 3.63) is 52.6 Å². The fourth-order valence-corrected chi connectivity index (χ4v) is 3.88. The standard InChI is InChI=1S/C19H21N3O2S/c1-12(2)17-21-18-14(19(24)22(17)10-6-9-16(20)23)11-15(25-18)13-7-4-3-5-8-13/h3-5,7-8,11-12H,6,9-10H2,1-2H3,(H2,20,23). The number of hydrogen-bond donors (Lipinski definition) is 1. The normalized spacial score (nSPS) is 11.3. The highest BCUT2D eigenvalue weighted by Gasteiger charge is 2.16. The molecule has 1 amide bonds. The van der Waals surface area contributed by atoms with Crippen molar-refractivity contribution < 1.29 is 4.79 Å². The average molecular weight is 355 g/mol. The van der Waals surface area contributed by atoms with Crippen molar-refractivity contribution >= 4 is 27.5 Å². The number of amides is 1. The number of nitrogens with two attached hydrogens (primary N) is 1. The van der Waals surface area contributed by atoms with Crippen LogP contribution >= 0.6 is 11.3 Å². The van der Waals surface area contributed by atoms with Gasteiger partial charge in [-0.05, 0) is 18.1 Å². The maximum Gasteiger partial charge on any atom is 0.262 e. The zero-order valence-electron chi connectivity index (χ0n) is 14.4. The quantitative estimate of drug-likeness (QED) is 0.735. The molecule has 130 valence electrons. The number of hydrogen-bond acceptors (Lipinski definition) is 4. The minimum atomic E-state index is -0.352. The van der Waals surface area contributed by atoms with E-state index >= 15 is 0 Å². The highest BCUT2D eigenvalue weighted by molar-refractivity contribution is 7.21. The van der Waals surface area contributed by atoms with E-state index in [-0.39, 0.29) is 23.8 Å². The molecule has 2 heterocycles. The summed E-state index contributed by atoms with van der Waals surface area (Å²) in [7, 11) is 0. The van der Waals surface area contributed by atoms with E-state index in [1.54, 1.807) is 4.57 Å². The lowest BCUT2D eigenvalue weighted by atomic mass is 10.1. The van der Waals surface area contributed by atoms with E-state index in [2.05, 4.69) is 0 Å². The Kier molecular flexibility index (Phi) is 4.99. The monoisotopic (exact) mass is 355 g/mol. The lowest BCUT2D eigenvalue weighted by Crippen LogP contribution is -2.26. The summed E-state index contributed by atoms with van der Waals surface area (Å²) < 4.78 is 1.69. The predicted octanol–water partition coefficient (Wildman–Crippen LogP) is 3.51. The molecule has 2 N–H and O–H groups in total. The lowest BCUT2D eigenvalue weighted by Gasteiger charge is -2.14. The van der Waals surface area contributed by atoms with E-state index in [0.29, 0.717) is 18.4 Å². The third-order valence-electron chi connectivity index (χ3n) is 4.06. The van der Waals surface area contributed by atoms with E-state index in [9.17, 15) is 9.59 Å². The van der Waals surface area contributed by atoms with Gasteiger partial charge in [-0.3, -0.25) is 14.2 Å². The summed E-state index contributed by atoms with van der Waals surface area (Å²) in [6.45, 7) is 4.49. The second kappa shape index (κ2) is 7.19. The van der Waals surface area contributed by atoms with Crippen molar-refractivity contribution in [1.29, 1.82) is 0 Å². The number of nitrogens with zero attached hydrogens (tertiary/aromatic N) is 2. The highest BCUT2D eigenvalue weighted by atomic mass is 32.1. The Morgan fingerprint density at radius 1 is 1.28 bits per heavy atom. The number of carbonyl (C=O) groups is 1. The first-order valence-electron chi connectivity index (χ1n) is 8.35. The molecule has 0 spiro atoms. The number of carbonyl (C=O) groups excluding carboxylic acids is 1. The second-order valence-corrected chi connectivity index (χ2v) is 7.38. The number of rotatable bonds is 6. The molecular formula is C19H21N3O2S. The van der Waals surface area contributed by atoms with Gasteiger partial charge in [0, 0.05) is 23.8 Å². The Morgan fingerprint density at radius 2 is 2.00 bits per heavy atom. The summed E-state index contributed by atoms with van der Waals surface area (Å²) in [6, 6.07) is 11.9. The number of benzene rings is 1. The lowest BCUT2D eigenvalue weighted by molar-refractivity contribution is -0.118. The summed E-state index contributed by atoms with van der Waals surface area (Å²) in [4.78, 5) is 30.5. The van der Waals surface area contributed by atoms with Gasteiger partial charge in [-0.1, -0.05) is 44.2 Å². The van der Waals surface area contributed by atoms with Crippen LogP contribution < -0.4 is 11.3 Å². The minimum Gasteiger partial charge on any atom is -0.370 e. The SMILES string of the molecule is CC(C)c1nc2sc(-c3ccccc3)cc2c(=O)n1CCCC(N)=O. The van der Waals surface area contributed by atoms with Gasteiger partial charge in [-0.2, -0.15) is 0 Å². The van der Waals surface area contributed by atoms with E-state index < -0.39 is 0 Å². The molecule has 0 atom stereocenters. The van der Waals surface area contributed by atoms with Crippen LogP contribution in [0.5, 0.6) is 0 Å². The van der Waals surface area contributed by atoms with Crippen LogP contribution in [0.3, 0.4) is 0 Å². The molecule has 3 aromatic rings. The van der Waals surface area contributed by atoms with E-state index in [1.807, 2.05) is 50.2 Å². The van der Waals surface area contributed by atoms with Crippen LogP contribution in [0.15, 0.2) is 41.2 Å². The van der Waals surface area contributed by atoms with Gasteiger partial charge in [-0.15, -0.1) is 11.3 Å². The molecule has 2 aromatic heterocycles. The fraction of sp³-hybridized carbons (Fsp3) is 0.316. The third kappa shape index (κ3) is 3.64. The maximum atomic E-state index is 13.0. The van der Waals surface area contributed by atoms with Crippen molar-refractivity contribution in [1.82, 2.24) is 9.55 Å². The third-order valence-corrected chi connectivity index (χ3v) is 5.14. The average Bonchev–Trinajstić information content (AvgIpc) is 3.01. The van der Waals surface area contributed by atoms with Crippen LogP contribution in [-0.2, 0) is 11.3 Å². The minimum absolute atomic E-state index is 0.0448. The predicted molar refractivity (Wildman–Crippen MR) is 102 cm³/mol. The smallest absolute Gasteiger partial charge is 0.262 e. The van der Waals surface area contributed by atoms with Gasteiger partial charge in [-0.25, -0.2) is 4.98 Å². The molecular weight excluding hydrogens is 334 g/mol. The molecule has 1 aromatic carbocycles. The Bertz CT molecular complexity index is 958. The molecule has 6 heteroatoms. The Balaban J connectivity index is 2.09. The Labute approximate surface area is 150 Å². The molecule has 0 aliphatic heterocycles. The molecule has 0 aliphatic carbocycles. The van der Waals surface area contributed by atoms with Crippen molar-refractivity contribution in [2.75, 3.05) is 0 Å². The van der Waals surface area contributed by atoms with Crippen LogP contribution in [0.1, 0.15) is 38.4 Å². The Hall–Kier alpha value is -2.47. The van der Waals surface area contributed by atoms with Crippen LogP contribution in [-0.4, -0.2) is 15.5 Å². The summed E-state index contributed by atoms with van der Waals surface area (Å²) in [5.41, 5.74) is 6.25. The van der Waals surface area contributed by atoms with Crippen LogP contribution in [0.2, 0.25) is 0 Å². The van der Waals surface area contributed by atoms with Gasteiger partial charge in [0.2, 0.25) is 5.91 Å². The maximum absolute atomic E-state index is 13.0. The first-order valence-corrected chi connectivity index (χ1v) is 9.17. The molecule has 3 rings (SSSR count). The van der Waals surface area contributed by atoms with Crippen molar-refractivity contribution in [3.8, 4) is 10.4 Å². The second-order valence-electron chi connectivity index (χ2n) is 6.35. The van der Waals surface area contributed by atoms with Crippen molar-refractivity contribution in [2.24, 2.45) is 5.73 Å². The van der Waals surface area contributed by atoms with Gasteiger partial charge in [0.15, 0.2) is 0 Å². The molecule has 0 aliphatic rings. The molecule has 0 saturated carbocycles. The summed E-state index contributed by atoms with van der Waals surface area (Å²) in [6.07, 6.45) is 0.804. The number of fused-ring (bicyclic) bond motifs is 1. The molecule has 0 radical (unpaired) electrons. The van der Waals surface area contributed by atoms with E-state index in [4.69, 9.17) is 10.7 Å². The van der Waals surface area contributed by atoms with Gasteiger partial charge in [0.1, 0.15) is 10.7 Å². The topological polar surface area (TPSA) is 78.0 Å². The molecule has 0 saturated heterocycles. The van der Waals surface area contributed by atoms with Crippen LogP contribution in [0.25, 0.3) is 20.7 Å². The summed E-state index contributed by atoms with van der Waals surface area (Å²) in [5.74, 6) is 0.520. The highest BCUT2D eigenvalue weighted by Crippen LogP contribution is 2.31. The number of primary amides is 1. The molecule has 0 fully saturated rings. The van der Waals surface area contributed by atoms with Crippen LogP contribution in [0, 0.1) is 0 Å². The molecule has 5 nitrogen and oxygen atoms in total. The number of aromatic nitrogens is 2. The van der Waals surface area contributed by atoms with Crippen molar-refractivity contribution in [3.63, 3.8) is 0 Å². The van der Waals surface area contributed by atoms with Gasteiger partial charge in [0.05, 0.1) is 5.39 Å². The summed E-state index contributed by atoms with van der Waals surface area (Å²) >= 11 is 1.53. The Morgan fingerprint density at radius 3 is 2.64 bits per heavy atom. The first-order chi connectivity index (χ1) is 12.0. The molecule has 0 unspecified atom stereocenters. The van der Waals surface area contributed by atoms with Gasteiger partial charge in [0.25, 0.3) is 5.56 Å². The zero-order chi connectivity index (χ0) is 18.0. The molecule has 25 heavy (non-hydrogen) atoms. The zero-order valence-corrected chi connectivity index (χ0v) is 15.2. The van der Waals surface area contributed by atoms with E-state index in [1.165, 1.54) is 11.3 Å². The fourth-order valence-electron chi connectivity index (χ4n) is 2.84. The van der Waals surface area contributed by atoms with Crippen LogP contribution in [0.4, 0.5) is 0 Å². The first kappa shape index (κ1) is 17.4. The largest absolute Gasteiger partial charge is 0.370 e.